The molecule has 1 unspecified atom stereocenters. The Balaban J connectivity index is 2.87. The van der Waals surface area contributed by atoms with Crippen molar-refractivity contribution in [2.45, 2.75) is 26.2 Å². The first-order chi connectivity index (χ1) is 5.65. The molecule has 1 atom stereocenters. The van der Waals surface area contributed by atoms with Crippen molar-refractivity contribution in [1.82, 2.24) is 4.37 Å². The Morgan fingerprint density at radius 3 is 2.83 bits per heavy atom. The van der Waals surface area contributed by atoms with Crippen molar-refractivity contribution in [3.63, 3.8) is 0 Å². The van der Waals surface area contributed by atoms with E-state index in [9.17, 15) is 4.79 Å². The van der Waals surface area contributed by atoms with Crippen LogP contribution < -0.4 is 0 Å². The lowest BCUT2D eigenvalue weighted by atomic mass is 10.1. The van der Waals surface area contributed by atoms with E-state index in [1.807, 2.05) is 19.9 Å². The van der Waals surface area contributed by atoms with E-state index in [0.717, 1.165) is 10.6 Å². The molecule has 1 N–H and O–H groups in total. The summed E-state index contributed by atoms with van der Waals surface area (Å²) in [5.41, 5.74) is 0.898. The van der Waals surface area contributed by atoms with Gasteiger partial charge >= 0.3 is 5.97 Å². The van der Waals surface area contributed by atoms with E-state index < -0.39 is 5.97 Å². The highest BCUT2D eigenvalue weighted by atomic mass is 32.1. The normalized spacial score (nSPS) is 12.8. The maximum atomic E-state index is 10.7. The predicted octanol–water partition coefficient (Wildman–Crippen LogP) is 2.03. The number of carbonyl (C=O) groups is 1. The molecule has 1 heterocycles. The number of rotatable bonds is 3. The van der Waals surface area contributed by atoms with Gasteiger partial charge in [-0.05, 0) is 30.9 Å². The van der Waals surface area contributed by atoms with Crippen LogP contribution in [-0.2, 0) is 4.79 Å². The zero-order chi connectivity index (χ0) is 9.14. The first-order valence-electron chi connectivity index (χ1n) is 3.81. The summed E-state index contributed by atoms with van der Waals surface area (Å²) in [6.45, 7) is 3.74. The minimum atomic E-state index is -0.763. The molecule has 0 saturated heterocycles. The molecule has 0 aromatic carbocycles. The Morgan fingerprint density at radius 1 is 1.83 bits per heavy atom. The standard InChI is InChI=1S/C8H11NO2S/c1-3-6(8(10)11)7-4-5(2)9-12-7/h4,6H,3H2,1-2H3,(H,10,11). The maximum Gasteiger partial charge on any atom is 0.311 e. The summed E-state index contributed by atoms with van der Waals surface area (Å²) in [4.78, 5) is 11.6. The molecule has 0 aliphatic rings. The lowest BCUT2D eigenvalue weighted by Crippen LogP contribution is -2.08. The van der Waals surface area contributed by atoms with Crippen LogP contribution in [0.25, 0.3) is 0 Å². The molecule has 4 heteroatoms. The topological polar surface area (TPSA) is 50.2 Å². The molecule has 12 heavy (non-hydrogen) atoms. The number of aryl methyl sites for hydroxylation is 1. The van der Waals surface area contributed by atoms with Gasteiger partial charge in [-0.25, -0.2) is 0 Å². The summed E-state index contributed by atoms with van der Waals surface area (Å²) in [5.74, 6) is -1.14. The molecule has 0 aliphatic carbocycles. The van der Waals surface area contributed by atoms with Gasteiger partial charge in [0.05, 0.1) is 11.6 Å². The lowest BCUT2D eigenvalue weighted by molar-refractivity contribution is -0.138. The van der Waals surface area contributed by atoms with Crippen LogP contribution >= 0.6 is 11.5 Å². The second kappa shape index (κ2) is 3.67. The van der Waals surface area contributed by atoms with Crippen LogP contribution in [0, 0.1) is 6.92 Å². The van der Waals surface area contributed by atoms with Gasteiger partial charge in [0.15, 0.2) is 0 Å². The molecule has 0 bridgehead atoms. The highest BCUT2D eigenvalue weighted by molar-refractivity contribution is 7.06. The van der Waals surface area contributed by atoms with E-state index in [4.69, 9.17) is 5.11 Å². The minimum absolute atomic E-state index is 0.379. The molecule has 66 valence electrons. The Kier molecular flexibility index (Phi) is 2.81. The molecule has 0 spiro atoms. The second-order valence-corrected chi connectivity index (χ2v) is 3.51. The van der Waals surface area contributed by atoms with E-state index in [2.05, 4.69) is 4.37 Å². The van der Waals surface area contributed by atoms with Gasteiger partial charge in [0.1, 0.15) is 0 Å². The Labute approximate surface area is 75.2 Å². The summed E-state index contributed by atoms with van der Waals surface area (Å²) in [7, 11) is 0. The number of aliphatic carboxylic acids is 1. The molecule has 1 aromatic rings. The molecule has 0 aliphatic heterocycles. The maximum absolute atomic E-state index is 10.7. The monoisotopic (exact) mass is 185 g/mol. The minimum Gasteiger partial charge on any atom is -0.481 e. The first kappa shape index (κ1) is 9.19. The second-order valence-electron chi connectivity index (χ2n) is 2.67. The number of aromatic nitrogens is 1. The number of carboxylic acid groups (broad SMARTS) is 1. The number of nitrogens with zero attached hydrogens (tertiary/aromatic N) is 1. The summed E-state index contributed by atoms with van der Waals surface area (Å²) in [6, 6.07) is 1.84. The van der Waals surface area contributed by atoms with Crippen LogP contribution in [0.15, 0.2) is 6.07 Å². The van der Waals surface area contributed by atoms with E-state index in [1.54, 1.807) is 0 Å². The average molecular weight is 185 g/mol. The van der Waals surface area contributed by atoms with Gasteiger partial charge in [0, 0.05) is 4.88 Å². The molecule has 0 amide bonds. The molecule has 0 fully saturated rings. The van der Waals surface area contributed by atoms with Crippen molar-refractivity contribution < 1.29 is 9.90 Å². The Morgan fingerprint density at radius 2 is 2.50 bits per heavy atom. The zero-order valence-corrected chi connectivity index (χ0v) is 7.89. The van der Waals surface area contributed by atoms with Gasteiger partial charge in [-0.1, -0.05) is 6.92 Å². The van der Waals surface area contributed by atoms with Crippen molar-refractivity contribution in [1.29, 1.82) is 0 Å². The fourth-order valence-corrected chi connectivity index (χ4v) is 1.97. The third-order valence-electron chi connectivity index (χ3n) is 1.70. The van der Waals surface area contributed by atoms with Gasteiger partial charge in [-0.15, -0.1) is 0 Å². The van der Waals surface area contributed by atoms with Crippen LogP contribution in [-0.4, -0.2) is 15.4 Å². The summed E-state index contributed by atoms with van der Waals surface area (Å²) >= 11 is 1.28. The van der Waals surface area contributed by atoms with Crippen LogP contribution in [0.2, 0.25) is 0 Å². The van der Waals surface area contributed by atoms with Gasteiger partial charge in [-0.2, -0.15) is 4.37 Å². The number of carboxylic acids is 1. The van der Waals surface area contributed by atoms with Crippen molar-refractivity contribution in [2.75, 3.05) is 0 Å². The largest absolute Gasteiger partial charge is 0.481 e. The molecule has 1 rings (SSSR count). The van der Waals surface area contributed by atoms with E-state index in [0.29, 0.717) is 6.42 Å². The van der Waals surface area contributed by atoms with Crippen molar-refractivity contribution >= 4 is 17.5 Å². The molecule has 1 aromatic heterocycles. The Hall–Kier alpha value is -0.900. The molecule has 3 nitrogen and oxygen atoms in total. The van der Waals surface area contributed by atoms with E-state index in [1.165, 1.54) is 11.5 Å². The van der Waals surface area contributed by atoms with Crippen molar-refractivity contribution in [3.05, 3.63) is 16.6 Å². The number of hydrogen-bond donors (Lipinski definition) is 1. The third kappa shape index (κ3) is 1.82. The van der Waals surface area contributed by atoms with Gasteiger partial charge in [-0.3, -0.25) is 4.79 Å². The Bertz CT molecular complexity index is 282. The average Bonchev–Trinajstić information content (AvgIpc) is 2.37. The first-order valence-corrected chi connectivity index (χ1v) is 4.58. The quantitative estimate of drug-likeness (QED) is 0.783. The van der Waals surface area contributed by atoms with Crippen molar-refractivity contribution in [3.8, 4) is 0 Å². The van der Waals surface area contributed by atoms with Crippen LogP contribution in [0.3, 0.4) is 0 Å². The fraction of sp³-hybridized carbons (Fsp3) is 0.500. The summed E-state index contributed by atoms with van der Waals surface area (Å²) < 4.78 is 4.05. The highest BCUT2D eigenvalue weighted by Gasteiger charge is 2.19. The predicted molar refractivity (Wildman–Crippen MR) is 47.5 cm³/mol. The van der Waals surface area contributed by atoms with Gasteiger partial charge < -0.3 is 5.11 Å². The zero-order valence-electron chi connectivity index (χ0n) is 7.07. The lowest BCUT2D eigenvalue weighted by Gasteiger charge is -2.04. The molecular formula is C8H11NO2S. The van der Waals surface area contributed by atoms with Crippen LogP contribution in [0.5, 0.6) is 0 Å². The van der Waals surface area contributed by atoms with Gasteiger partial charge in [0.2, 0.25) is 0 Å². The van der Waals surface area contributed by atoms with Crippen molar-refractivity contribution in [2.24, 2.45) is 0 Å². The van der Waals surface area contributed by atoms with Crippen LogP contribution in [0.4, 0.5) is 0 Å². The smallest absolute Gasteiger partial charge is 0.311 e. The van der Waals surface area contributed by atoms with Gasteiger partial charge in [0.25, 0.3) is 0 Å². The third-order valence-corrected chi connectivity index (χ3v) is 2.69. The van der Waals surface area contributed by atoms with E-state index in [-0.39, 0.29) is 5.92 Å². The van der Waals surface area contributed by atoms with E-state index >= 15 is 0 Å². The summed E-state index contributed by atoms with van der Waals surface area (Å²) in [5, 5.41) is 8.81. The molecular weight excluding hydrogens is 174 g/mol. The SMILES string of the molecule is CCC(C(=O)O)c1cc(C)ns1. The fourth-order valence-electron chi connectivity index (χ4n) is 1.04. The van der Waals surface area contributed by atoms with Crippen LogP contribution in [0.1, 0.15) is 29.8 Å². The molecule has 0 radical (unpaired) electrons. The molecule has 0 saturated carbocycles. The summed E-state index contributed by atoms with van der Waals surface area (Å²) in [6.07, 6.45) is 0.622. The number of hydrogen-bond acceptors (Lipinski definition) is 3. The highest BCUT2D eigenvalue weighted by Crippen LogP contribution is 2.23.